The molecule has 18 heavy (non-hydrogen) atoms. The predicted octanol–water partition coefficient (Wildman–Crippen LogP) is 1.87. The minimum absolute atomic E-state index is 0. The number of carbonyl (C=O) groups is 1. The first kappa shape index (κ1) is 13.9. The van der Waals surface area contributed by atoms with E-state index in [-0.39, 0.29) is 23.5 Å². The van der Waals surface area contributed by atoms with Crippen LogP contribution in [0.2, 0.25) is 0 Å². The Labute approximate surface area is 109 Å². The van der Waals surface area contributed by atoms with Crippen LogP contribution in [-0.2, 0) is 0 Å². The Hall–Kier alpha value is -2.14. The number of aryl methyl sites for hydroxylation is 1. The molecular weight excluding hydrogens is 256 g/mol. The molecule has 0 saturated carbocycles. The Morgan fingerprint density at radius 3 is 2.39 bits per heavy atom. The Balaban J connectivity index is 0.00000162. The fourth-order valence-corrected chi connectivity index (χ4v) is 1.49. The second-order valence-corrected chi connectivity index (χ2v) is 3.62. The number of nitrogens with zero attached hydrogens (tertiary/aromatic N) is 1. The van der Waals surface area contributed by atoms with Crippen LogP contribution in [-0.4, -0.2) is 21.0 Å². The molecule has 2 aromatic rings. The van der Waals surface area contributed by atoms with E-state index >= 15 is 0 Å². The molecular formula is C12H11ClN2O3. The number of rotatable bonds is 2. The van der Waals surface area contributed by atoms with E-state index in [9.17, 15) is 9.59 Å². The number of hydrogen-bond donors (Lipinski definition) is 2. The van der Waals surface area contributed by atoms with Crippen molar-refractivity contribution < 1.29 is 9.90 Å². The lowest BCUT2D eigenvalue weighted by Crippen LogP contribution is -2.08. The molecule has 1 aromatic heterocycles. The molecule has 2 N–H and O–H groups in total. The molecule has 0 aliphatic heterocycles. The molecule has 0 unspecified atom stereocenters. The maximum absolute atomic E-state index is 11.3. The zero-order chi connectivity index (χ0) is 12.4. The first-order valence-corrected chi connectivity index (χ1v) is 4.98. The molecule has 0 bridgehead atoms. The third-order valence-corrected chi connectivity index (χ3v) is 2.28. The van der Waals surface area contributed by atoms with Gasteiger partial charge in [-0.3, -0.25) is 4.79 Å². The number of aromatic amines is 1. The summed E-state index contributed by atoms with van der Waals surface area (Å²) in [5.74, 6) is -0.547. The van der Waals surface area contributed by atoms with Crippen molar-refractivity contribution in [2.75, 3.05) is 0 Å². The number of aromatic nitrogens is 2. The van der Waals surface area contributed by atoms with Gasteiger partial charge in [-0.15, -0.1) is 12.4 Å². The van der Waals surface area contributed by atoms with E-state index in [1.165, 1.54) is 18.2 Å². The summed E-state index contributed by atoms with van der Waals surface area (Å²) in [6.45, 7) is 1.73. The number of carboxylic acids is 1. The number of aromatic carboxylic acids is 1. The van der Waals surface area contributed by atoms with E-state index in [0.29, 0.717) is 17.1 Å². The van der Waals surface area contributed by atoms with E-state index in [0.717, 1.165) is 0 Å². The van der Waals surface area contributed by atoms with Crippen LogP contribution >= 0.6 is 12.4 Å². The van der Waals surface area contributed by atoms with Gasteiger partial charge in [0, 0.05) is 17.3 Å². The molecule has 5 nitrogen and oxygen atoms in total. The van der Waals surface area contributed by atoms with Gasteiger partial charge < -0.3 is 10.1 Å². The van der Waals surface area contributed by atoms with Gasteiger partial charge in [0.05, 0.1) is 5.56 Å². The molecule has 0 amide bonds. The highest BCUT2D eigenvalue weighted by molar-refractivity contribution is 5.88. The quantitative estimate of drug-likeness (QED) is 0.869. The van der Waals surface area contributed by atoms with Crippen LogP contribution in [0.3, 0.4) is 0 Å². The molecule has 0 radical (unpaired) electrons. The van der Waals surface area contributed by atoms with Gasteiger partial charge in [-0.25, -0.2) is 9.78 Å². The topological polar surface area (TPSA) is 83.0 Å². The van der Waals surface area contributed by atoms with Crippen LogP contribution in [0.1, 0.15) is 16.1 Å². The van der Waals surface area contributed by atoms with Gasteiger partial charge in [0.25, 0.3) is 5.56 Å². The van der Waals surface area contributed by atoms with Crippen molar-refractivity contribution in [1.29, 1.82) is 0 Å². The van der Waals surface area contributed by atoms with Gasteiger partial charge in [0.2, 0.25) is 0 Å². The maximum atomic E-state index is 11.3. The van der Waals surface area contributed by atoms with E-state index < -0.39 is 5.97 Å². The van der Waals surface area contributed by atoms with Gasteiger partial charge in [-0.05, 0) is 19.1 Å². The number of nitrogens with one attached hydrogen (secondary N) is 1. The third-order valence-electron chi connectivity index (χ3n) is 2.28. The van der Waals surface area contributed by atoms with Gasteiger partial charge in [0.15, 0.2) is 0 Å². The Morgan fingerprint density at radius 2 is 1.89 bits per heavy atom. The van der Waals surface area contributed by atoms with Crippen molar-refractivity contribution in [3.05, 3.63) is 51.9 Å². The lowest BCUT2D eigenvalue weighted by Gasteiger charge is -2.02. The summed E-state index contributed by atoms with van der Waals surface area (Å²) in [4.78, 5) is 28.7. The molecule has 0 atom stereocenters. The number of benzene rings is 1. The zero-order valence-corrected chi connectivity index (χ0v) is 10.3. The second-order valence-electron chi connectivity index (χ2n) is 3.62. The highest BCUT2D eigenvalue weighted by Gasteiger charge is 2.05. The summed E-state index contributed by atoms with van der Waals surface area (Å²) in [5.41, 5.74) is 1.26. The van der Waals surface area contributed by atoms with Gasteiger partial charge in [-0.1, -0.05) is 12.1 Å². The van der Waals surface area contributed by atoms with E-state index in [2.05, 4.69) is 9.97 Å². The maximum Gasteiger partial charge on any atom is 0.335 e. The normalized spacial score (nSPS) is 9.61. The highest BCUT2D eigenvalue weighted by atomic mass is 35.5. The molecule has 0 fully saturated rings. The van der Waals surface area contributed by atoms with Crippen LogP contribution in [0, 0.1) is 6.92 Å². The number of hydrogen-bond acceptors (Lipinski definition) is 3. The summed E-state index contributed by atoms with van der Waals surface area (Å²) in [6.07, 6.45) is 0. The Kier molecular flexibility index (Phi) is 4.23. The Bertz CT molecular complexity index is 620. The lowest BCUT2D eigenvalue weighted by atomic mass is 10.1. The second kappa shape index (κ2) is 5.46. The number of H-pyrrole nitrogens is 1. The number of carboxylic acid groups (broad SMARTS) is 1. The van der Waals surface area contributed by atoms with Crippen molar-refractivity contribution in [2.45, 2.75) is 6.92 Å². The molecule has 0 spiro atoms. The largest absolute Gasteiger partial charge is 0.478 e. The zero-order valence-electron chi connectivity index (χ0n) is 9.51. The van der Waals surface area contributed by atoms with Crippen LogP contribution < -0.4 is 5.56 Å². The average molecular weight is 267 g/mol. The smallest absolute Gasteiger partial charge is 0.335 e. The third kappa shape index (κ3) is 2.95. The average Bonchev–Trinajstić information content (AvgIpc) is 2.28. The lowest BCUT2D eigenvalue weighted by molar-refractivity contribution is 0.0697. The monoisotopic (exact) mass is 266 g/mol. The van der Waals surface area contributed by atoms with Crippen LogP contribution in [0.5, 0.6) is 0 Å². The molecule has 1 heterocycles. The summed E-state index contributed by atoms with van der Waals surface area (Å²) in [6, 6.07) is 7.57. The van der Waals surface area contributed by atoms with Crippen molar-refractivity contribution in [1.82, 2.24) is 9.97 Å². The fraction of sp³-hybridized carbons (Fsp3) is 0.0833. The van der Waals surface area contributed by atoms with E-state index in [1.54, 1.807) is 19.1 Å². The number of halogens is 1. The molecule has 94 valence electrons. The molecule has 0 aliphatic carbocycles. The van der Waals surface area contributed by atoms with Gasteiger partial charge in [-0.2, -0.15) is 0 Å². The van der Waals surface area contributed by atoms with Crippen molar-refractivity contribution in [2.24, 2.45) is 0 Å². The van der Waals surface area contributed by atoms with Crippen LogP contribution in [0.25, 0.3) is 11.4 Å². The minimum Gasteiger partial charge on any atom is -0.478 e. The summed E-state index contributed by atoms with van der Waals surface area (Å²) < 4.78 is 0. The standard InChI is InChI=1S/C12H10N2O3.ClH/c1-7-6-10(15)14-11(13-7)8-2-4-9(5-3-8)12(16)17;/h2-6H,1H3,(H,16,17)(H,13,14,15);1H. The molecule has 2 rings (SSSR count). The summed E-state index contributed by atoms with van der Waals surface area (Å²) in [5, 5.41) is 8.76. The summed E-state index contributed by atoms with van der Waals surface area (Å²) in [7, 11) is 0. The van der Waals surface area contributed by atoms with Crippen LogP contribution in [0.15, 0.2) is 35.1 Å². The summed E-state index contributed by atoms with van der Waals surface area (Å²) >= 11 is 0. The first-order chi connectivity index (χ1) is 8.06. The van der Waals surface area contributed by atoms with Gasteiger partial charge in [0.1, 0.15) is 5.82 Å². The van der Waals surface area contributed by atoms with Gasteiger partial charge >= 0.3 is 5.97 Å². The first-order valence-electron chi connectivity index (χ1n) is 4.98. The SMILES string of the molecule is Cc1cc(=O)[nH]c(-c2ccc(C(=O)O)cc2)n1.Cl. The van der Waals surface area contributed by atoms with E-state index in [4.69, 9.17) is 5.11 Å². The molecule has 1 aromatic carbocycles. The Morgan fingerprint density at radius 1 is 1.28 bits per heavy atom. The fourth-order valence-electron chi connectivity index (χ4n) is 1.49. The van der Waals surface area contributed by atoms with Crippen molar-refractivity contribution in [3.63, 3.8) is 0 Å². The molecule has 6 heteroatoms. The molecule has 0 aliphatic rings. The predicted molar refractivity (Wildman–Crippen MR) is 69.2 cm³/mol. The van der Waals surface area contributed by atoms with Crippen LogP contribution in [0.4, 0.5) is 0 Å². The van der Waals surface area contributed by atoms with Crippen molar-refractivity contribution >= 4 is 18.4 Å². The molecule has 0 saturated heterocycles. The minimum atomic E-state index is -0.984. The van der Waals surface area contributed by atoms with E-state index in [1.807, 2.05) is 0 Å². The van der Waals surface area contributed by atoms with Crippen molar-refractivity contribution in [3.8, 4) is 11.4 Å². The highest BCUT2D eigenvalue weighted by Crippen LogP contribution is 2.14.